The van der Waals surface area contributed by atoms with E-state index >= 15 is 0 Å². The van der Waals surface area contributed by atoms with E-state index in [1.807, 2.05) is 6.07 Å². The van der Waals surface area contributed by atoms with Crippen molar-refractivity contribution in [3.8, 4) is 84.5 Å². The lowest BCUT2D eigenvalue weighted by atomic mass is 9.99. The predicted molar refractivity (Wildman–Crippen MR) is 309 cm³/mol. The van der Waals surface area contributed by atoms with Crippen molar-refractivity contribution < 1.29 is 0 Å². The molecule has 4 heteroatoms. The molecule has 0 saturated carbocycles. The van der Waals surface area contributed by atoms with Crippen LogP contribution in [0.3, 0.4) is 0 Å². The quantitative estimate of drug-likeness (QED) is 0.152. The fourth-order valence-corrected chi connectivity index (χ4v) is 10.9. The number of pyridine rings is 1. The van der Waals surface area contributed by atoms with Gasteiger partial charge in [-0.15, -0.1) is 0 Å². The smallest absolute Gasteiger partial charge is 0.101 e. The molecule has 0 radical (unpaired) electrons. The first kappa shape index (κ1) is 44.4. The van der Waals surface area contributed by atoms with Crippen LogP contribution in [0.15, 0.2) is 231 Å². The van der Waals surface area contributed by atoms with Crippen molar-refractivity contribution in [2.75, 3.05) is 0 Å². The molecule has 0 atom stereocenters. The minimum atomic E-state index is 0.550. The molecule has 3 aromatic heterocycles. The summed E-state index contributed by atoms with van der Waals surface area (Å²) in [5, 5.41) is 16.1. The fourth-order valence-electron chi connectivity index (χ4n) is 10.9. The van der Waals surface area contributed by atoms with Gasteiger partial charge in [0.2, 0.25) is 0 Å². The van der Waals surface area contributed by atoms with Gasteiger partial charge in [-0.3, -0.25) is 0 Å². The number of fused-ring (bicyclic) bond motifs is 6. The maximum absolute atomic E-state index is 11.6. The van der Waals surface area contributed by atoms with Gasteiger partial charge >= 0.3 is 0 Å². The summed E-state index contributed by atoms with van der Waals surface area (Å²) in [6.07, 6.45) is 0. The highest BCUT2D eigenvalue weighted by Crippen LogP contribution is 2.44. The summed E-state index contributed by atoms with van der Waals surface area (Å²) in [4.78, 5) is 5.47. The predicted octanol–water partition coefficient (Wildman–Crippen LogP) is 18.4. The maximum Gasteiger partial charge on any atom is 0.101 e. The van der Waals surface area contributed by atoms with Crippen molar-refractivity contribution in [3.63, 3.8) is 0 Å². The van der Waals surface area contributed by atoms with E-state index in [1.54, 1.807) is 0 Å². The summed E-state index contributed by atoms with van der Waals surface area (Å²) in [5.41, 5.74) is 24.0. The van der Waals surface area contributed by atoms with Crippen molar-refractivity contribution in [2.24, 2.45) is 0 Å². The number of aromatic nitrogens is 3. The SMILES string of the molecule is Cc1ccc(-c2ccc3c(c2)c2cc(-c4ccc(C)cc4)ccc2n3-c2cc(-c3cccc(-c4ccccc4)n3)c(-n3c4ccc(-c5ccc(C)cc5)cc4c4cc(-c5ccc(C)cc5)ccc43)cc2C#N)cc1. The van der Waals surface area contributed by atoms with Gasteiger partial charge in [-0.2, -0.15) is 5.26 Å². The van der Waals surface area contributed by atoms with E-state index in [1.165, 1.54) is 22.3 Å². The van der Waals surface area contributed by atoms with Crippen LogP contribution >= 0.6 is 0 Å². The summed E-state index contributed by atoms with van der Waals surface area (Å²) < 4.78 is 4.65. The number of nitriles is 1. The molecule has 3 heterocycles. The molecule has 0 bridgehead atoms. The summed E-state index contributed by atoms with van der Waals surface area (Å²) in [6, 6.07) is 85.8. The van der Waals surface area contributed by atoms with Gasteiger partial charge < -0.3 is 9.13 Å². The second-order valence-electron chi connectivity index (χ2n) is 19.8. The van der Waals surface area contributed by atoms with Gasteiger partial charge in [0.15, 0.2) is 0 Å². The maximum atomic E-state index is 11.6. The highest BCUT2D eigenvalue weighted by molar-refractivity contribution is 6.14. The lowest BCUT2D eigenvalue weighted by molar-refractivity contribution is 1.13. The molecule has 0 aliphatic rings. The van der Waals surface area contributed by atoms with Crippen LogP contribution in [0.5, 0.6) is 0 Å². The van der Waals surface area contributed by atoms with E-state index < -0.39 is 0 Å². The molecule has 4 nitrogen and oxygen atoms in total. The van der Waals surface area contributed by atoms with E-state index in [2.05, 4.69) is 267 Å². The standard InChI is InChI=1S/C70H50N4/c1-44-13-21-48(22-14-44)53-29-33-65-58(37-53)59-38-54(49-23-15-45(2)16-24-49)30-34-66(59)73(65)69-42-62(64-12-8-11-63(72-64)52-9-6-5-7-10-52)70(41-57(69)43-71)74-67-35-31-55(50-25-17-46(3)18-26-50)39-60(67)61-40-56(32-36-68(61)74)51-27-19-47(4)20-28-51/h5-42H,1-4H3. The average Bonchev–Trinajstić information content (AvgIpc) is 3.95. The van der Waals surface area contributed by atoms with E-state index in [-0.39, 0.29) is 0 Å². The largest absolute Gasteiger partial charge is 0.309 e. The Labute approximate surface area is 431 Å². The van der Waals surface area contributed by atoms with Gasteiger partial charge in [0, 0.05) is 32.7 Å². The van der Waals surface area contributed by atoms with Crippen LogP contribution in [-0.4, -0.2) is 14.1 Å². The third-order valence-corrected chi connectivity index (χ3v) is 14.9. The number of rotatable bonds is 8. The first-order chi connectivity index (χ1) is 36.2. The molecular formula is C70H50N4. The zero-order chi connectivity index (χ0) is 50.0. The lowest BCUT2D eigenvalue weighted by Crippen LogP contribution is -2.04. The van der Waals surface area contributed by atoms with Crippen LogP contribution in [0, 0.1) is 39.0 Å². The van der Waals surface area contributed by atoms with Gasteiger partial charge in [-0.25, -0.2) is 4.98 Å². The Kier molecular flexibility index (Phi) is 10.8. The molecule has 0 spiro atoms. The number of benzene rings is 10. The molecule has 13 rings (SSSR count). The Morgan fingerprint density at radius 1 is 0.311 bits per heavy atom. The van der Waals surface area contributed by atoms with Gasteiger partial charge in [-0.1, -0.05) is 180 Å². The van der Waals surface area contributed by atoms with Crippen LogP contribution in [-0.2, 0) is 0 Å². The Hall–Kier alpha value is -9.56. The highest BCUT2D eigenvalue weighted by Gasteiger charge is 2.24. The van der Waals surface area contributed by atoms with Crippen molar-refractivity contribution in [3.05, 3.63) is 258 Å². The van der Waals surface area contributed by atoms with Crippen LogP contribution in [0.4, 0.5) is 0 Å². The third kappa shape index (κ3) is 7.75. The molecule has 13 aromatic rings. The minimum Gasteiger partial charge on any atom is -0.309 e. The highest BCUT2D eigenvalue weighted by atomic mass is 15.0. The third-order valence-electron chi connectivity index (χ3n) is 14.9. The monoisotopic (exact) mass is 946 g/mol. The molecule has 10 aromatic carbocycles. The molecule has 0 aliphatic heterocycles. The Balaban J connectivity index is 1.10. The van der Waals surface area contributed by atoms with Crippen molar-refractivity contribution >= 4 is 43.6 Å². The first-order valence-electron chi connectivity index (χ1n) is 25.3. The van der Waals surface area contributed by atoms with Crippen LogP contribution < -0.4 is 0 Å². The number of hydrogen-bond donors (Lipinski definition) is 0. The minimum absolute atomic E-state index is 0.550. The molecule has 0 N–H and O–H groups in total. The zero-order valence-corrected chi connectivity index (χ0v) is 41.7. The van der Waals surface area contributed by atoms with E-state index in [0.29, 0.717) is 5.56 Å². The molecule has 0 unspecified atom stereocenters. The van der Waals surface area contributed by atoms with Crippen molar-refractivity contribution in [1.82, 2.24) is 14.1 Å². The second-order valence-corrected chi connectivity index (χ2v) is 19.8. The van der Waals surface area contributed by atoms with E-state index in [4.69, 9.17) is 4.98 Å². The van der Waals surface area contributed by atoms with Crippen molar-refractivity contribution in [2.45, 2.75) is 27.7 Å². The van der Waals surface area contributed by atoms with E-state index in [0.717, 1.165) is 122 Å². The van der Waals surface area contributed by atoms with Crippen LogP contribution in [0.1, 0.15) is 27.8 Å². The molecule has 0 aliphatic carbocycles. The van der Waals surface area contributed by atoms with Crippen LogP contribution in [0.2, 0.25) is 0 Å². The normalized spacial score (nSPS) is 11.5. The van der Waals surface area contributed by atoms with Crippen LogP contribution in [0.25, 0.3) is 122 Å². The Morgan fingerprint density at radius 3 is 1.04 bits per heavy atom. The summed E-state index contributed by atoms with van der Waals surface area (Å²) >= 11 is 0. The van der Waals surface area contributed by atoms with Gasteiger partial charge in [0.05, 0.1) is 50.4 Å². The molecule has 350 valence electrons. The Bertz CT molecular complexity index is 4150. The summed E-state index contributed by atoms with van der Waals surface area (Å²) in [7, 11) is 0. The Morgan fingerprint density at radius 2 is 0.662 bits per heavy atom. The summed E-state index contributed by atoms with van der Waals surface area (Å²) in [6.45, 7) is 8.50. The molecular weight excluding hydrogens is 897 g/mol. The summed E-state index contributed by atoms with van der Waals surface area (Å²) in [5.74, 6) is 0. The van der Waals surface area contributed by atoms with Gasteiger partial charge in [0.25, 0.3) is 0 Å². The second kappa shape index (κ2) is 17.9. The lowest BCUT2D eigenvalue weighted by Gasteiger charge is -2.19. The topological polar surface area (TPSA) is 46.5 Å². The number of hydrogen-bond acceptors (Lipinski definition) is 2. The molecule has 0 fully saturated rings. The van der Waals surface area contributed by atoms with E-state index in [9.17, 15) is 5.26 Å². The molecule has 0 amide bonds. The molecule has 0 saturated heterocycles. The zero-order valence-electron chi connectivity index (χ0n) is 41.7. The molecule has 74 heavy (non-hydrogen) atoms. The van der Waals surface area contributed by atoms with Gasteiger partial charge in [0.1, 0.15) is 6.07 Å². The van der Waals surface area contributed by atoms with Gasteiger partial charge in [-0.05, 0) is 145 Å². The van der Waals surface area contributed by atoms with Crippen molar-refractivity contribution in [1.29, 1.82) is 5.26 Å². The first-order valence-corrected chi connectivity index (χ1v) is 25.3. The fraction of sp³-hybridized carbons (Fsp3) is 0.0571. The number of aryl methyl sites for hydroxylation is 4. The average molecular weight is 947 g/mol. The number of nitrogens with zero attached hydrogens (tertiary/aromatic N) is 4.